The Morgan fingerprint density at radius 1 is 1.45 bits per heavy atom. The molecule has 2 rings (SSSR count). The molecule has 0 aliphatic heterocycles. The predicted octanol–water partition coefficient (Wildman–Crippen LogP) is 3.49. The summed E-state index contributed by atoms with van der Waals surface area (Å²) in [7, 11) is 1.67. The predicted molar refractivity (Wildman–Crippen MR) is 80.0 cm³/mol. The van der Waals surface area contributed by atoms with Gasteiger partial charge in [-0.25, -0.2) is 9.55 Å². The number of hydrogen-bond donors (Lipinski definition) is 0. The highest BCUT2D eigenvalue weighted by atomic mass is 32.2. The van der Waals surface area contributed by atoms with Crippen LogP contribution in [0.15, 0.2) is 29.3 Å². The summed E-state index contributed by atoms with van der Waals surface area (Å²) in [4.78, 5) is 15.6. The molecule has 0 atom stereocenters. The number of thioether (sulfide) groups is 1. The minimum absolute atomic E-state index is 0.0260. The van der Waals surface area contributed by atoms with Gasteiger partial charge in [-0.3, -0.25) is 0 Å². The molecule has 0 aliphatic carbocycles. The highest BCUT2D eigenvalue weighted by Gasteiger charge is 2.16. The number of aryl methyl sites for hydroxylation is 2. The summed E-state index contributed by atoms with van der Waals surface area (Å²) in [6.07, 6.45) is 2.34. The molecule has 0 bridgehead atoms. The van der Waals surface area contributed by atoms with Crippen molar-refractivity contribution in [2.45, 2.75) is 30.9 Å². The molecule has 0 N–H and O–H groups in total. The molecular formula is C14H17N3O2S. The van der Waals surface area contributed by atoms with E-state index in [-0.39, 0.29) is 5.82 Å². The van der Waals surface area contributed by atoms with Gasteiger partial charge in [0.15, 0.2) is 0 Å². The molecule has 20 heavy (non-hydrogen) atoms. The summed E-state index contributed by atoms with van der Waals surface area (Å²) >= 11 is 1.64. The summed E-state index contributed by atoms with van der Waals surface area (Å²) in [5.74, 6) is 1.35. The second-order valence-corrected chi connectivity index (χ2v) is 5.63. The highest BCUT2D eigenvalue weighted by Crippen LogP contribution is 2.25. The molecule has 0 spiro atoms. The van der Waals surface area contributed by atoms with E-state index in [9.17, 15) is 10.1 Å². The van der Waals surface area contributed by atoms with Gasteiger partial charge in [0.05, 0.1) is 12.8 Å². The van der Waals surface area contributed by atoms with E-state index in [1.165, 1.54) is 21.9 Å². The lowest BCUT2D eigenvalue weighted by Crippen LogP contribution is -2.00. The van der Waals surface area contributed by atoms with Crippen LogP contribution in [0.3, 0.4) is 0 Å². The summed E-state index contributed by atoms with van der Waals surface area (Å²) in [6, 6.07) is 6.38. The van der Waals surface area contributed by atoms with Gasteiger partial charge in [0.25, 0.3) is 0 Å². The Balaban J connectivity index is 2.09. The van der Waals surface area contributed by atoms with Gasteiger partial charge in [-0.15, -0.1) is 11.8 Å². The van der Waals surface area contributed by atoms with Crippen LogP contribution in [0.2, 0.25) is 0 Å². The average molecular weight is 291 g/mol. The van der Waals surface area contributed by atoms with Crippen LogP contribution in [0.25, 0.3) is 0 Å². The van der Waals surface area contributed by atoms with Gasteiger partial charge < -0.3 is 10.1 Å². The van der Waals surface area contributed by atoms with Gasteiger partial charge in [0.1, 0.15) is 6.20 Å². The molecule has 0 unspecified atom stereocenters. The SMILES string of the molecule is CCc1ccc(SCc2ncc([N+](=O)[O-])n2C)cc1C. The van der Waals surface area contributed by atoms with Gasteiger partial charge in [-0.05, 0) is 41.5 Å². The molecular weight excluding hydrogens is 274 g/mol. The standard InChI is InChI=1S/C14H17N3O2S/c1-4-11-5-6-12(7-10(11)2)20-9-13-15-8-14(16(13)3)17(18)19/h5-8H,4,9H2,1-3H3. The zero-order chi connectivity index (χ0) is 14.7. The molecule has 1 aromatic heterocycles. The Labute approximate surface area is 122 Å². The van der Waals surface area contributed by atoms with Crippen molar-refractivity contribution in [2.75, 3.05) is 0 Å². The fourth-order valence-corrected chi connectivity index (χ4v) is 3.03. The molecule has 1 aromatic carbocycles. The average Bonchev–Trinajstić information content (AvgIpc) is 2.78. The Morgan fingerprint density at radius 2 is 2.20 bits per heavy atom. The second kappa shape index (κ2) is 6.09. The van der Waals surface area contributed by atoms with Crippen LogP contribution < -0.4 is 0 Å². The molecule has 0 radical (unpaired) electrons. The highest BCUT2D eigenvalue weighted by molar-refractivity contribution is 7.98. The third-order valence-electron chi connectivity index (χ3n) is 3.31. The fourth-order valence-electron chi connectivity index (χ4n) is 2.04. The molecule has 1 heterocycles. The van der Waals surface area contributed by atoms with E-state index >= 15 is 0 Å². The number of imidazole rings is 1. The van der Waals surface area contributed by atoms with Gasteiger partial charge in [-0.2, -0.15) is 0 Å². The topological polar surface area (TPSA) is 61.0 Å². The van der Waals surface area contributed by atoms with Gasteiger partial charge >= 0.3 is 5.82 Å². The van der Waals surface area contributed by atoms with Crippen molar-refractivity contribution in [1.82, 2.24) is 9.55 Å². The van der Waals surface area contributed by atoms with Crippen molar-refractivity contribution in [1.29, 1.82) is 0 Å². The van der Waals surface area contributed by atoms with Crippen molar-refractivity contribution < 1.29 is 4.92 Å². The monoisotopic (exact) mass is 291 g/mol. The lowest BCUT2D eigenvalue weighted by Gasteiger charge is -2.06. The van der Waals surface area contributed by atoms with E-state index in [0.29, 0.717) is 11.6 Å². The number of benzene rings is 1. The lowest BCUT2D eigenvalue weighted by atomic mass is 10.1. The molecule has 0 amide bonds. The van der Waals surface area contributed by atoms with Crippen LogP contribution in [0.1, 0.15) is 23.9 Å². The molecule has 0 fully saturated rings. The number of hydrogen-bond acceptors (Lipinski definition) is 4. The number of nitrogens with zero attached hydrogens (tertiary/aromatic N) is 3. The third-order valence-corrected chi connectivity index (χ3v) is 4.30. The van der Waals surface area contributed by atoms with Crippen molar-refractivity contribution in [3.8, 4) is 0 Å². The first-order chi connectivity index (χ1) is 9.52. The van der Waals surface area contributed by atoms with Crippen molar-refractivity contribution in [3.63, 3.8) is 0 Å². The molecule has 6 heteroatoms. The van der Waals surface area contributed by atoms with E-state index in [2.05, 4.69) is 37.0 Å². The Hall–Kier alpha value is -1.82. The number of nitro groups is 1. The first kappa shape index (κ1) is 14.6. The van der Waals surface area contributed by atoms with E-state index < -0.39 is 4.92 Å². The Bertz CT molecular complexity index is 637. The molecule has 2 aromatic rings. The maximum absolute atomic E-state index is 10.8. The van der Waals surface area contributed by atoms with Crippen molar-refractivity contribution in [3.05, 3.63) is 51.5 Å². The second-order valence-electron chi connectivity index (χ2n) is 4.58. The number of aromatic nitrogens is 2. The zero-order valence-electron chi connectivity index (χ0n) is 11.8. The van der Waals surface area contributed by atoms with Crippen LogP contribution >= 0.6 is 11.8 Å². The van der Waals surface area contributed by atoms with Crippen LogP contribution in [0.4, 0.5) is 5.82 Å². The Morgan fingerprint density at radius 3 is 2.75 bits per heavy atom. The summed E-state index contributed by atoms with van der Waals surface area (Å²) in [5.41, 5.74) is 2.63. The first-order valence-corrected chi connectivity index (χ1v) is 7.38. The van der Waals surface area contributed by atoms with Crippen LogP contribution in [0, 0.1) is 17.0 Å². The van der Waals surface area contributed by atoms with Gasteiger partial charge in [-0.1, -0.05) is 13.0 Å². The van der Waals surface area contributed by atoms with Crippen molar-refractivity contribution in [2.24, 2.45) is 7.05 Å². The van der Waals surface area contributed by atoms with Crippen molar-refractivity contribution >= 4 is 17.6 Å². The summed E-state index contributed by atoms with van der Waals surface area (Å²) in [5, 5.41) is 10.8. The molecule has 106 valence electrons. The minimum Gasteiger partial charge on any atom is -0.358 e. The van der Waals surface area contributed by atoms with E-state index in [1.54, 1.807) is 18.8 Å². The largest absolute Gasteiger partial charge is 0.358 e. The minimum atomic E-state index is -0.415. The first-order valence-electron chi connectivity index (χ1n) is 6.40. The summed E-state index contributed by atoms with van der Waals surface area (Å²) in [6.45, 7) is 4.25. The fraction of sp³-hybridized carbons (Fsp3) is 0.357. The van der Waals surface area contributed by atoms with Gasteiger partial charge in [0.2, 0.25) is 5.82 Å². The molecule has 0 saturated heterocycles. The third kappa shape index (κ3) is 3.01. The zero-order valence-corrected chi connectivity index (χ0v) is 12.6. The molecule has 0 aliphatic rings. The quantitative estimate of drug-likeness (QED) is 0.480. The summed E-state index contributed by atoms with van der Waals surface area (Å²) < 4.78 is 1.53. The maximum Gasteiger partial charge on any atom is 0.342 e. The van der Waals surface area contributed by atoms with E-state index in [4.69, 9.17) is 0 Å². The van der Waals surface area contributed by atoms with Crippen LogP contribution in [-0.4, -0.2) is 14.5 Å². The van der Waals surface area contributed by atoms with Crippen LogP contribution in [0.5, 0.6) is 0 Å². The normalized spacial score (nSPS) is 10.8. The molecule has 5 nitrogen and oxygen atoms in total. The van der Waals surface area contributed by atoms with E-state index in [1.807, 2.05) is 0 Å². The van der Waals surface area contributed by atoms with Gasteiger partial charge in [0, 0.05) is 4.90 Å². The number of rotatable bonds is 5. The Kier molecular flexibility index (Phi) is 4.44. The molecule has 0 saturated carbocycles. The lowest BCUT2D eigenvalue weighted by molar-refractivity contribution is -0.391. The smallest absolute Gasteiger partial charge is 0.342 e. The van der Waals surface area contributed by atoms with E-state index in [0.717, 1.165) is 11.3 Å². The maximum atomic E-state index is 10.8. The van der Waals surface area contributed by atoms with Crippen LogP contribution in [-0.2, 0) is 19.2 Å².